The van der Waals surface area contributed by atoms with Crippen LogP contribution in [0.25, 0.3) is 0 Å². The molecule has 1 aliphatic heterocycles. The highest BCUT2D eigenvalue weighted by molar-refractivity contribution is 4.84. The molecule has 18 heavy (non-hydrogen) atoms. The third-order valence-electron chi connectivity index (χ3n) is 5.15. The van der Waals surface area contributed by atoms with Gasteiger partial charge in [0.2, 0.25) is 0 Å². The van der Waals surface area contributed by atoms with Crippen LogP contribution in [0.15, 0.2) is 0 Å². The van der Waals surface area contributed by atoms with E-state index in [1.54, 1.807) is 0 Å². The SMILES string of the molecule is CC(C)C1CCC(N)C(CCCC2CCCO2)C1. The van der Waals surface area contributed by atoms with Crippen LogP contribution in [0.5, 0.6) is 0 Å². The quantitative estimate of drug-likeness (QED) is 0.810. The molecule has 0 aromatic carbocycles. The second-order valence-electron chi connectivity index (χ2n) is 6.81. The maximum absolute atomic E-state index is 6.30. The molecule has 1 saturated carbocycles. The highest BCUT2D eigenvalue weighted by Crippen LogP contribution is 2.35. The molecule has 2 heteroatoms. The summed E-state index contributed by atoms with van der Waals surface area (Å²) in [5, 5.41) is 0. The predicted octanol–water partition coefficient (Wildman–Crippen LogP) is 3.74. The lowest BCUT2D eigenvalue weighted by molar-refractivity contribution is 0.0975. The Balaban J connectivity index is 1.69. The number of nitrogens with two attached hydrogens (primary N) is 1. The number of ether oxygens (including phenoxy) is 1. The molecule has 2 N–H and O–H groups in total. The van der Waals surface area contributed by atoms with Crippen molar-refractivity contribution in [3.8, 4) is 0 Å². The fourth-order valence-electron chi connectivity index (χ4n) is 3.74. The Morgan fingerprint density at radius 2 is 2.00 bits per heavy atom. The van der Waals surface area contributed by atoms with E-state index < -0.39 is 0 Å². The Morgan fingerprint density at radius 1 is 1.17 bits per heavy atom. The molecule has 0 aromatic rings. The summed E-state index contributed by atoms with van der Waals surface area (Å²) in [7, 11) is 0. The molecule has 1 aliphatic carbocycles. The van der Waals surface area contributed by atoms with Crippen LogP contribution in [-0.2, 0) is 4.74 Å². The van der Waals surface area contributed by atoms with E-state index in [1.165, 1.54) is 51.4 Å². The third-order valence-corrected chi connectivity index (χ3v) is 5.15. The lowest BCUT2D eigenvalue weighted by atomic mass is 9.72. The normalized spacial score (nSPS) is 37.3. The van der Waals surface area contributed by atoms with Gasteiger partial charge in [0.05, 0.1) is 6.10 Å². The fraction of sp³-hybridized carbons (Fsp3) is 1.00. The summed E-state index contributed by atoms with van der Waals surface area (Å²) in [4.78, 5) is 0. The van der Waals surface area contributed by atoms with Crippen molar-refractivity contribution in [3.63, 3.8) is 0 Å². The van der Waals surface area contributed by atoms with Crippen molar-refractivity contribution in [3.05, 3.63) is 0 Å². The average molecular weight is 253 g/mol. The van der Waals surface area contributed by atoms with Crippen molar-refractivity contribution in [2.75, 3.05) is 6.61 Å². The molecule has 4 unspecified atom stereocenters. The summed E-state index contributed by atoms with van der Waals surface area (Å²) in [5.41, 5.74) is 6.30. The highest BCUT2D eigenvalue weighted by Gasteiger charge is 2.29. The summed E-state index contributed by atoms with van der Waals surface area (Å²) in [5.74, 6) is 2.52. The standard InChI is InChI=1S/C16H31NO/c1-12(2)13-8-9-16(17)14(11-13)5-3-6-15-7-4-10-18-15/h12-16H,3-11,17H2,1-2H3. The smallest absolute Gasteiger partial charge is 0.0576 e. The van der Waals surface area contributed by atoms with E-state index in [0.29, 0.717) is 12.1 Å². The minimum absolute atomic E-state index is 0.462. The van der Waals surface area contributed by atoms with Crippen molar-refractivity contribution >= 4 is 0 Å². The van der Waals surface area contributed by atoms with Gasteiger partial charge in [0.1, 0.15) is 0 Å². The lowest BCUT2D eigenvalue weighted by Crippen LogP contribution is -2.37. The van der Waals surface area contributed by atoms with E-state index in [2.05, 4.69) is 13.8 Å². The molecule has 0 spiro atoms. The Bertz CT molecular complexity index is 235. The van der Waals surface area contributed by atoms with E-state index in [9.17, 15) is 0 Å². The van der Waals surface area contributed by atoms with Crippen molar-refractivity contribution in [1.29, 1.82) is 0 Å². The zero-order valence-corrected chi connectivity index (χ0v) is 12.2. The molecule has 4 atom stereocenters. The number of rotatable bonds is 5. The zero-order chi connectivity index (χ0) is 13.0. The molecule has 1 saturated heterocycles. The van der Waals surface area contributed by atoms with Gasteiger partial charge in [-0.25, -0.2) is 0 Å². The van der Waals surface area contributed by atoms with E-state index in [-0.39, 0.29) is 0 Å². The lowest BCUT2D eigenvalue weighted by Gasteiger charge is -2.36. The Hall–Kier alpha value is -0.0800. The van der Waals surface area contributed by atoms with Gasteiger partial charge >= 0.3 is 0 Å². The van der Waals surface area contributed by atoms with Crippen LogP contribution in [0.3, 0.4) is 0 Å². The van der Waals surface area contributed by atoms with Crippen LogP contribution in [-0.4, -0.2) is 18.8 Å². The molecule has 0 amide bonds. The van der Waals surface area contributed by atoms with Gasteiger partial charge < -0.3 is 10.5 Å². The van der Waals surface area contributed by atoms with Crippen LogP contribution in [0.2, 0.25) is 0 Å². The van der Waals surface area contributed by atoms with E-state index in [1.807, 2.05) is 0 Å². The van der Waals surface area contributed by atoms with E-state index in [4.69, 9.17) is 10.5 Å². The van der Waals surface area contributed by atoms with Gasteiger partial charge in [-0.05, 0) is 62.7 Å². The Labute approximate surface area is 113 Å². The van der Waals surface area contributed by atoms with Crippen LogP contribution >= 0.6 is 0 Å². The maximum atomic E-state index is 6.30. The second-order valence-corrected chi connectivity index (χ2v) is 6.81. The topological polar surface area (TPSA) is 35.2 Å². The molecule has 2 aliphatic rings. The molecule has 0 radical (unpaired) electrons. The van der Waals surface area contributed by atoms with Crippen molar-refractivity contribution in [1.82, 2.24) is 0 Å². The summed E-state index contributed by atoms with van der Waals surface area (Å²) < 4.78 is 5.70. The average Bonchev–Trinajstić information content (AvgIpc) is 2.84. The first kappa shape index (κ1) is 14.3. The summed E-state index contributed by atoms with van der Waals surface area (Å²) in [6, 6.07) is 0.462. The monoisotopic (exact) mass is 253 g/mol. The van der Waals surface area contributed by atoms with Crippen LogP contribution in [0.1, 0.15) is 65.2 Å². The van der Waals surface area contributed by atoms with Gasteiger partial charge in [0.15, 0.2) is 0 Å². The first-order valence-electron chi connectivity index (χ1n) is 8.04. The first-order chi connectivity index (χ1) is 8.66. The summed E-state index contributed by atoms with van der Waals surface area (Å²) in [6.45, 7) is 5.72. The van der Waals surface area contributed by atoms with E-state index >= 15 is 0 Å². The number of hydrogen-bond donors (Lipinski definition) is 1. The molecule has 0 bridgehead atoms. The molecule has 2 rings (SSSR count). The van der Waals surface area contributed by atoms with Gasteiger partial charge in [-0.3, -0.25) is 0 Å². The van der Waals surface area contributed by atoms with Gasteiger partial charge in [-0.15, -0.1) is 0 Å². The van der Waals surface area contributed by atoms with Gasteiger partial charge in [-0.1, -0.05) is 20.3 Å². The zero-order valence-electron chi connectivity index (χ0n) is 12.2. The second kappa shape index (κ2) is 6.91. The van der Waals surface area contributed by atoms with Crippen LogP contribution in [0.4, 0.5) is 0 Å². The fourth-order valence-corrected chi connectivity index (χ4v) is 3.74. The maximum Gasteiger partial charge on any atom is 0.0576 e. The van der Waals surface area contributed by atoms with Crippen LogP contribution < -0.4 is 5.73 Å². The molecule has 2 nitrogen and oxygen atoms in total. The van der Waals surface area contributed by atoms with Gasteiger partial charge in [-0.2, -0.15) is 0 Å². The molecular weight excluding hydrogens is 222 g/mol. The van der Waals surface area contributed by atoms with Crippen molar-refractivity contribution < 1.29 is 4.74 Å². The minimum atomic E-state index is 0.462. The van der Waals surface area contributed by atoms with Crippen molar-refractivity contribution in [2.45, 2.75) is 77.4 Å². The van der Waals surface area contributed by atoms with Crippen molar-refractivity contribution in [2.24, 2.45) is 23.5 Å². The largest absolute Gasteiger partial charge is 0.378 e. The molecule has 2 fully saturated rings. The predicted molar refractivity (Wildman–Crippen MR) is 76.5 cm³/mol. The minimum Gasteiger partial charge on any atom is -0.378 e. The van der Waals surface area contributed by atoms with Gasteiger partial charge in [0, 0.05) is 12.6 Å². The molecule has 0 aromatic heterocycles. The summed E-state index contributed by atoms with van der Waals surface area (Å²) >= 11 is 0. The number of hydrogen-bond acceptors (Lipinski definition) is 2. The first-order valence-corrected chi connectivity index (χ1v) is 8.04. The molecule has 1 heterocycles. The molecular formula is C16H31NO. The Kier molecular flexibility index (Phi) is 5.50. The third kappa shape index (κ3) is 3.96. The Morgan fingerprint density at radius 3 is 2.67 bits per heavy atom. The van der Waals surface area contributed by atoms with E-state index in [0.717, 1.165) is 24.4 Å². The summed E-state index contributed by atoms with van der Waals surface area (Å²) in [6.07, 6.45) is 11.0. The van der Waals surface area contributed by atoms with Crippen LogP contribution in [0, 0.1) is 17.8 Å². The molecule has 106 valence electrons. The highest BCUT2D eigenvalue weighted by atomic mass is 16.5. The van der Waals surface area contributed by atoms with Gasteiger partial charge in [0.25, 0.3) is 0 Å².